The molecule has 0 aromatic heterocycles. The summed E-state index contributed by atoms with van der Waals surface area (Å²) in [6.07, 6.45) is 0.251. The number of nitrogens with one attached hydrogen (secondary N) is 1. The van der Waals surface area contributed by atoms with Gasteiger partial charge in [0.25, 0.3) is 0 Å². The van der Waals surface area contributed by atoms with Crippen molar-refractivity contribution in [2.45, 2.75) is 13.3 Å². The predicted molar refractivity (Wildman–Crippen MR) is 83.1 cm³/mol. The second-order valence-electron chi connectivity index (χ2n) is 5.34. The van der Waals surface area contributed by atoms with E-state index in [1.807, 2.05) is 6.07 Å². The first-order chi connectivity index (χ1) is 11.0. The van der Waals surface area contributed by atoms with Crippen LogP contribution in [0.15, 0.2) is 18.2 Å². The largest absolute Gasteiger partial charge is 0.383 e. The Hall–Kier alpha value is -2.62. The lowest BCUT2D eigenvalue weighted by Gasteiger charge is -2.34. The molecule has 1 saturated heterocycles. The zero-order valence-electron chi connectivity index (χ0n) is 13.0. The van der Waals surface area contributed by atoms with Gasteiger partial charge in [0, 0.05) is 46.1 Å². The first kappa shape index (κ1) is 16.7. The molecule has 0 unspecified atom stereocenters. The second kappa shape index (κ2) is 7.58. The molecule has 1 heterocycles. The van der Waals surface area contributed by atoms with Gasteiger partial charge in [0.1, 0.15) is 17.4 Å². The Morgan fingerprint density at radius 3 is 2.52 bits per heavy atom. The summed E-state index contributed by atoms with van der Waals surface area (Å²) < 4.78 is 13.5. The lowest BCUT2D eigenvalue weighted by Crippen LogP contribution is -2.50. The number of hydrogen-bond acceptors (Lipinski definition) is 4. The molecule has 0 aliphatic carbocycles. The van der Waals surface area contributed by atoms with Gasteiger partial charge in [-0.25, -0.2) is 4.39 Å². The van der Waals surface area contributed by atoms with Gasteiger partial charge in [0.05, 0.1) is 5.69 Å². The standard InChI is InChI=1S/C16H19FN4O2/c1-12(22)20-7-9-21(10-8-20)16(23)5-6-19-15-4-2-3-14(17)13(15)11-18/h2-4,19H,5-10H2,1H3. The van der Waals surface area contributed by atoms with E-state index in [0.29, 0.717) is 38.4 Å². The van der Waals surface area contributed by atoms with Crippen molar-refractivity contribution in [2.75, 3.05) is 38.0 Å². The third-order valence-electron chi connectivity index (χ3n) is 3.86. The monoisotopic (exact) mass is 318 g/mol. The molecule has 1 fully saturated rings. The highest BCUT2D eigenvalue weighted by atomic mass is 19.1. The molecule has 1 N–H and O–H groups in total. The van der Waals surface area contributed by atoms with E-state index in [4.69, 9.17) is 5.26 Å². The summed E-state index contributed by atoms with van der Waals surface area (Å²) >= 11 is 0. The minimum atomic E-state index is -0.579. The molecule has 2 rings (SSSR count). The summed E-state index contributed by atoms with van der Waals surface area (Å²) in [5, 5.41) is 11.9. The summed E-state index contributed by atoms with van der Waals surface area (Å²) in [4.78, 5) is 26.8. The van der Waals surface area contributed by atoms with Gasteiger partial charge in [-0.3, -0.25) is 9.59 Å². The number of piperazine rings is 1. The molecule has 1 aromatic carbocycles. The van der Waals surface area contributed by atoms with E-state index in [9.17, 15) is 14.0 Å². The molecule has 0 radical (unpaired) electrons. The first-order valence-electron chi connectivity index (χ1n) is 7.48. The van der Waals surface area contributed by atoms with Gasteiger partial charge in [-0.15, -0.1) is 0 Å². The maximum atomic E-state index is 13.5. The molecular weight excluding hydrogens is 299 g/mol. The maximum Gasteiger partial charge on any atom is 0.224 e. The fraction of sp³-hybridized carbons (Fsp3) is 0.438. The highest BCUT2D eigenvalue weighted by Crippen LogP contribution is 2.17. The van der Waals surface area contributed by atoms with Crippen molar-refractivity contribution in [1.82, 2.24) is 9.80 Å². The van der Waals surface area contributed by atoms with Crippen molar-refractivity contribution in [3.05, 3.63) is 29.6 Å². The number of rotatable bonds is 4. The van der Waals surface area contributed by atoms with Gasteiger partial charge >= 0.3 is 0 Å². The van der Waals surface area contributed by atoms with Crippen LogP contribution in [0.5, 0.6) is 0 Å². The SMILES string of the molecule is CC(=O)N1CCN(C(=O)CCNc2cccc(F)c2C#N)CC1. The summed E-state index contributed by atoms with van der Waals surface area (Å²) in [6, 6.07) is 6.16. The number of carbonyl (C=O) groups is 2. The van der Waals surface area contributed by atoms with Gasteiger partial charge in [0.15, 0.2) is 0 Å². The Balaban J connectivity index is 1.81. The van der Waals surface area contributed by atoms with Crippen molar-refractivity contribution in [3.63, 3.8) is 0 Å². The number of amides is 2. The van der Waals surface area contributed by atoms with E-state index in [2.05, 4.69) is 5.32 Å². The highest BCUT2D eigenvalue weighted by molar-refractivity contribution is 5.78. The normalized spacial score (nSPS) is 14.3. The number of anilines is 1. The molecular formula is C16H19FN4O2. The van der Waals surface area contributed by atoms with E-state index in [0.717, 1.165) is 0 Å². The van der Waals surface area contributed by atoms with Gasteiger partial charge in [-0.1, -0.05) is 6.07 Å². The number of carbonyl (C=O) groups excluding carboxylic acids is 2. The molecule has 6 nitrogen and oxygen atoms in total. The molecule has 0 saturated carbocycles. The molecule has 0 spiro atoms. The van der Waals surface area contributed by atoms with Crippen LogP contribution in [0.1, 0.15) is 18.9 Å². The van der Waals surface area contributed by atoms with Crippen LogP contribution >= 0.6 is 0 Å². The topological polar surface area (TPSA) is 76.4 Å². The van der Waals surface area contributed by atoms with E-state index < -0.39 is 5.82 Å². The van der Waals surface area contributed by atoms with E-state index >= 15 is 0 Å². The van der Waals surface area contributed by atoms with Crippen LogP contribution in [-0.4, -0.2) is 54.3 Å². The fourth-order valence-corrected chi connectivity index (χ4v) is 2.52. The molecule has 1 aliphatic rings. The van der Waals surface area contributed by atoms with E-state index in [-0.39, 0.29) is 23.8 Å². The number of nitriles is 1. The molecule has 0 atom stereocenters. The van der Waals surface area contributed by atoms with Gasteiger partial charge in [-0.05, 0) is 12.1 Å². The molecule has 2 amide bonds. The van der Waals surface area contributed by atoms with Gasteiger partial charge in [0.2, 0.25) is 11.8 Å². The third-order valence-corrected chi connectivity index (χ3v) is 3.86. The van der Waals surface area contributed by atoms with Gasteiger partial charge in [-0.2, -0.15) is 5.26 Å². The molecule has 23 heavy (non-hydrogen) atoms. The smallest absolute Gasteiger partial charge is 0.224 e. The quantitative estimate of drug-likeness (QED) is 0.905. The number of hydrogen-bond donors (Lipinski definition) is 1. The summed E-state index contributed by atoms with van der Waals surface area (Å²) in [7, 11) is 0. The van der Waals surface area contributed by atoms with Crippen LogP contribution in [0.2, 0.25) is 0 Å². The molecule has 1 aromatic rings. The van der Waals surface area contributed by atoms with Crippen molar-refractivity contribution < 1.29 is 14.0 Å². The fourth-order valence-electron chi connectivity index (χ4n) is 2.52. The van der Waals surface area contributed by atoms with E-state index in [1.165, 1.54) is 19.1 Å². The molecule has 122 valence electrons. The molecule has 0 bridgehead atoms. The second-order valence-corrected chi connectivity index (χ2v) is 5.34. The Bertz CT molecular complexity index is 633. The van der Waals surface area contributed by atoms with Crippen LogP contribution in [0.3, 0.4) is 0 Å². The van der Waals surface area contributed by atoms with Crippen LogP contribution in [0.25, 0.3) is 0 Å². The number of halogens is 1. The van der Waals surface area contributed by atoms with Crippen molar-refractivity contribution >= 4 is 17.5 Å². The summed E-state index contributed by atoms with van der Waals surface area (Å²) in [6.45, 7) is 4.01. The highest BCUT2D eigenvalue weighted by Gasteiger charge is 2.21. The lowest BCUT2D eigenvalue weighted by atomic mass is 10.2. The van der Waals surface area contributed by atoms with E-state index in [1.54, 1.807) is 15.9 Å². The zero-order chi connectivity index (χ0) is 16.8. The van der Waals surface area contributed by atoms with Crippen LogP contribution in [-0.2, 0) is 9.59 Å². The first-order valence-corrected chi connectivity index (χ1v) is 7.48. The lowest BCUT2D eigenvalue weighted by molar-refractivity contribution is -0.138. The predicted octanol–water partition coefficient (Wildman–Crippen LogP) is 1.19. The number of nitrogens with zero attached hydrogens (tertiary/aromatic N) is 3. The third kappa shape index (κ3) is 4.19. The average molecular weight is 318 g/mol. The minimum absolute atomic E-state index is 0.0180. The van der Waals surface area contributed by atoms with Crippen molar-refractivity contribution in [3.8, 4) is 6.07 Å². The Morgan fingerprint density at radius 2 is 1.91 bits per heavy atom. The molecule has 7 heteroatoms. The van der Waals surface area contributed by atoms with Crippen molar-refractivity contribution in [2.24, 2.45) is 0 Å². The summed E-state index contributed by atoms with van der Waals surface area (Å²) in [5.41, 5.74) is 0.344. The van der Waals surface area contributed by atoms with Crippen LogP contribution < -0.4 is 5.32 Å². The number of benzene rings is 1. The molecule has 1 aliphatic heterocycles. The Labute approximate surface area is 134 Å². The van der Waals surface area contributed by atoms with Crippen LogP contribution in [0.4, 0.5) is 10.1 Å². The average Bonchev–Trinajstić information content (AvgIpc) is 2.55. The minimum Gasteiger partial charge on any atom is -0.383 e. The summed E-state index contributed by atoms with van der Waals surface area (Å²) in [5.74, 6) is -0.575. The van der Waals surface area contributed by atoms with Crippen LogP contribution in [0, 0.1) is 17.1 Å². The Morgan fingerprint density at radius 1 is 1.26 bits per heavy atom. The maximum absolute atomic E-state index is 13.5. The Kier molecular flexibility index (Phi) is 5.52. The van der Waals surface area contributed by atoms with Gasteiger partial charge < -0.3 is 15.1 Å². The van der Waals surface area contributed by atoms with Crippen molar-refractivity contribution in [1.29, 1.82) is 5.26 Å². The zero-order valence-corrected chi connectivity index (χ0v) is 13.0.